The Bertz CT molecular complexity index is 974. The lowest BCUT2D eigenvalue weighted by Gasteiger charge is -2.13. The first-order chi connectivity index (χ1) is 11.4. The summed E-state index contributed by atoms with van der Waals surface area (Å²) < 4.78 is 29.7. The first-order valence-electron chi connectivity index (χ1n) is 7.41. The summed E-state index contributed by atoms with van der Waals surface area (Å²) in [5, 5.41) is 9.31. The fraction of sp³-hybridized carbons (Fsp3) is 0.111. The fourth-order valence-electron chi connectivity index (χ4n) is 2.48. The van der Waals surface area contributed by atoms with Gasteiger partial charge < -0.3 is 9.67 Å². The van der Waals surface area contributed by atoms with Gasteiger partial charge in [-0.1, -0.05) is 12.1 Å². The summed E-state index contributed by atoms with van der Waals surface area (Å²) in [4.78, 5) is 0.101. The normalized spacial score (nSPS) is 11.4. The molecule has 0 saturated carbocycles. The van der Waals surface area contributed by atoms with Crippen molar-refractivity contribution in [1.29, 1.82) is 0 Å². The number of nitrogens with one attached hydrogen (secondary N) is 1. The van der Waals surface area contributed by atoms with Crippen molar-refractivity contribution >= 4 is 15.7 Å². The fourth-order valence-corrected chi connectivity index (χ4v) is 3.60. The third kappa shape index (κ3) is 3.14. The lowest BCUT2D eigenvalue weighted by molar-refractivity contribution is 0.475. The van der Waals surface area contributed by atoms with Crippen molar-refractivity contribution in [2.45, 2.75) is 11.8 Å². The number of benzene rings is 2. The van der Waals surface area contributed by atoms with E-state index in [9.17, 15) is 13.5 Å². The molecule has 0 amide bonds. The summed E-state index contributed by atoms with van der Waals surface area (Å²) in [6, 6.07) is 15.0. The predicted molar refractivity (Wildman–Crippen MR) is 94.5 cm³/mol. The lowest BCUT2D eigenvalue weighted by atomic mass is 10.1. The second-order valence-electron chi connectivity index (χ2n) is 5.63. The van der Waals surface area contributed by atoms with E-state index in [2.05, 4.69) is 4.72 Å². The van der Waals surface area contributed by atoms with Gasteiger partial charge in [-0.2, -0.15) is 0 Å². The standard InChI is InChI=1S/C18H18N2O3S/c1-13-5-6-14(18-4-3-11-20(18)2)12-17(13)19-24(22,23)16-9-7-15(21)8-10-16/h3-12,19,21H,1-2H3. The number of hydrogen-bond acceptors (Lipinski definition) is 3. The van der Waals surface area contributed by atoms with Gasteiger partial charge in [0.15, 0.2) is 0 Å². The van der Waals surface area contributed by atoms with Crippen LogP contribution in [0, 0.1) is 6.92 Å². The van der Waals surface area contributed by atoms with E-state index >= 15 is 0 Å². The van der Waals surface area contributed by atoms with Crippen LogP contribution in [0.5, 0.6) is 5.75 Å². The largest absolute Gasteiger partial charge is 0.508 e. The molecule has 6 heteroatoms. The van der Waals surface area contributed by atoms with Crippen molar-refractivity contribution in [3.05, 3.63) is 66.4 Å². The molecule has 1 heterocycles. The van der Waals surface area contributed by atoms with Crippen LogP contribution in [0.2, 0.25) is 0 Å². The van der Waals surface area contributed by atoms with E-state index in [1.807, 2.05) is 55.1 Å². The van der Waals surface area contributed by atoms with Crippen LogP contribution >= 0.6 is 0 Å². The van der Waals surface area contributed by atoms with Gasteiger partial charge in [-0.25, -0.2) is 8.42 Å². The zero-order valence-corrected chi connectivity index (χ0v) is 14.2. The molecule has 3 aromatic rings. The molecule has 1 aromatic heterocycles. The molecule has 0 saturated heterocycles. The van der Waals surface area contributed by atoms with Gasteiger partial charge in [0.2, 0.25) is 0 Å². The maximum Gasteiger partial charge on any atom is 0.261 e. The molecule has 0 bridgehead atoms. The molecule has 0 spiro atoms. The molecule has 0 aliphatic carbocycles. The minimum atomic E-state index is -3.72. The molecule has 0 atom stereocenters. The van der Waals surface area contributed by atoms with Crippen LogP contribution in [0.25, 0.3) is 11.3 Å². The topological polar surface area (TPSA) is 71.3 Å². The molecule has 0 aliphatic rings. The summed E-state index contributed by atoms with van der Waals surface area (Å²) >= 11 is 0. The minimum absolute atomic E-state index is 0.0239. The highest BCUT2D eigenvalue weighted by Crippen LogP contribution is 2.27. The Hall–Kier alpha value is -2.73. The third-order valence-corrected chi connectivity index (χ3v) is 5.25. The SMILES string of the molecule is Cc1ccc(-c2cccn2C)cc1NS(=O)(=O)c1ccc(O)cc1. The van der Waals surface area contributed by atoms with Gasteiger partial charge in [-0.05, 0) is 55.0 Å². The number of sulfonamides is 1. The number of aryl methyl sites for hydroxylation is 2. The van der Waals surface area contributed by atoms with E-state index in [0.717, 1.165) is 16.8 Å². The summed E-state index contributed by atoms with van der Waals surface area (Å²) in [6.45, 7) is 1.85. The molecule has 0 fully saturated rings. The van der Waals surface area contributed by atoms with E-state index in [4.69, 9.17) is 0 Å². The van der Waals surface area contributed by atoms with E-state index in [-0.39, 0.29) is 10.6 Å². The van der Waals surface area contributed by atoms with Crippen molar-refractivity contribution in [3.63, 3.8) is 0 Å². The minimum Gasteiger partial charge on any atom is -0.508 e. The Morgan fingerprint density at radius 1 is 1.04 bits per heavy atom. The number of anilines is 1. The molecule has 0 radical (unpaired) electrons. The zero-order chi connectivity index (χ0) is 17.3. The highest BCUT2D eigenvalue weighted by molar-refractivity contribution is 7.92. The Morgan fingerprint density at radius 3 is 2.38 bits per heavy atom. The van der Waals surface area contributed by atoms with Crippen LogP contribution in [-0.2, 0) is 17.1 Å². The van der Waals surface area contributed by atoms with Gasteiger partial charge >= 0.3 is 0 Å². The van der Waals surface area contributed by atoms with E-state index in [1.54, 1.807) is 0 Å². The van der Waals surface area contributed by atoms with Crippen molar-refractivity contribution in [1.82, 2.24) is 4.57 Å². The third-order valence-electron chi connectivity index (χ3n) is 3.87. The van der Waals surface area contributed by atoms with E-state index in [1.165, 1.54) is 24.3 Å². The van der Waals surface area contributed by atoms with Crippen molar-refractivity contribution in [3.8, 4) is 17.0 Å². The van der Waals surface area contributed by atoms with Crippen molar-refractivity contribution in [2.24, 2.45) is 7.05 Å². The molecule has 0 aliphatic heterocycles. The Balaban J connectivity index is 1.98. The molecule has 0 unspecified atom stereocenters. The van der Waals surface area contributed by atoms with Gasteiger partial charge in [-0.15, -0.1) is 0 Å². The Morgan fingerprint density at radius 2 is 1.75 bits per heavy atom. The first-order valence-corrected chi connectivity index (χ1v) is 8.89. The molecule has 2 N–H and O–H groups in total. The highest BCUT2D eigenvalue weighted by Gasteiger charge is 2.16. The van der Waals surface area contributed by atoms with Crippen LogP contribution < -0.4 is 4.72 Å². The highest BCUT2D eigenvalue weighted by atomic mass is 32.2. The van der Waals surface area contributed by atoms with Crippen LogP contribution in [0.4, 0.5) is 5.69 Å². The van der Waals surface area contributed by atoms with Crippen LogP contribution in [0.3, 0.4) is 0 Å². The van der Waals surface area contributed by atoms with Crippen molar-refractivity contribution in [2.75, 3.05) is 4.72 Å². The van der Waals surface area contributed by atoms with Gasteiger partial charge in [0.05, 0.1) is 10.6 Å². The maximum atomic E-state index is 12.5. The molecule has 24 heavy (non-hydrogen) atoms. The molecule has 2 aromatic carbocycles. The van der Waals surface area contributed by atoms with Crippen LogP contribution in [-0.4, -0.2) is 18.1 Å². The summed E-state index contributed by atoms with van der Waals surface area (Å²) in [5.74, 6) is 0.0239. The average molecular weight is 342 g/mol. The quantitative estimate of drug-likeness (QED) is 0.762. The van der Waals surface area contributed by atoms with Gasteiger partial charge in [0.1, 0.15) is 5.75 Å². The number of aromatic hydroxyl groups is 1. The maximum absolute atomic E-state index is 12.5. The Labute approximate surface area is 141 Å². The molecule has 5 nitrogen and oxygen atoms in total. The molecular weight excluding hydrogens is 324 g/mol. The zero-order valence-electron chi connectivity index (χ0n) is 13.4. The Kier molecular flexibility index (Phi) is 4.07. The number of phenolic OH excluding ortho intramolecular Hbond substituents is 1. The number of hydrogen-bond donors (Lipinski definition) is 2. The van der Waals surface area contributed by atoms with E-state index < -0.39 is 10.0 Å². The van der Waals surface area contributed by atoms with Gasteiger partial charge in [0.25, 0.3) is 10.0 Å². The van der Waals surface area contributed by atoms with Gasteiger partial charge in [-0.3, -0.25) is 4.72 Å². The second kappa shape index (κ2) is 6.05. The molecule has 3 rings (SSSR count). The van der Waals surface area contributed by atoms with Crippen LogP contribution in [0.1, 0.15) is 5.56 Å². The summed E-state index contributed by atoms with van der Waals surface area (Å²) in [7, 11) is -1.78. The predicted octanol–water partition coefficient (Wildman–Crippen LogP) is 3.51. The number of aromatic nitrogens is 1. The second-order valence-corrected chi connectivity index (χ2v) is 7.32. The first kappa shape index (κ1) is 16.1. The number of rotatable bonds is 4. The van der Waals surface area contributed by atoms with Crippen molar-refractivity contribution < 1.29 is 13.5 Å². The average Bonchev–Trinajstić information content (AvgIpc) is 2.96. The van der Waals surface area contributed by atoms with Gasteiger partial charge in [0, 0.05) is 24.5 Å². The number of nitrogens with zero attached hydrogens (tertiary/aromatic N) is 1. The van der Waals surface area contributed by atoms with E-state index in [0.29, 0.717) is 5.69 Å². The smallest absolute Gasteiger partial charge is 0.261 e. The molecular formula is C18H18N2O3S. The number of phenols is 1. The molecule has 124 valence electrons. The summed E-state index contributed by atoms with van der Waals surface area (Å²) in [6.07, 6.45) is 1.94. The summed E-state index contributed by atoms with van der Waals surface area (Å²) in [5.41, 5.74) is 3.29. The monoisotopic (exact) mass is 342 g/mol. The lowest BCUT2D eigenvalue weighted by Crippen LogP contribution is -2.13. The van der Waals surface area contributed by atoms with Crippen LogP contribution in [0.15, 0.2) is 65.7 Å².